The van der Waals surface area contributed by atoms with E-state index < -0.39 is 5.97 Å². The summed E-state index contributed by atoms with van der Waals surface area (Å²) in [5, 5.41) is 9.01. The zero-order valence-corrected chi connectivity index (χ0v) is 10.6. The van der Waals surface area contributed by atoms with E-state index in [1.165, 1.54) is 12.5 Å². The number of carboxylic acid groups (broad SMARTS) is 1. The molecule has 0 aliphatic rings. The summed E-state index contributed by atoms with van der Waals surface area (Å²) in [5.41, 5.74) is 0.752. The van der Waals surface area contributed by atoms with Crippen molar-refractivity contribution in [2.45, 2.75) is 26.8 Å². The predicted molar refractivity (Wildman–Crippen MR) is 64.8 cm³/mol. The molecule has 0 bridgehead atoms. The Kier molecular flexibility index (Phi) is 5.03. The van der Waals surface area contributed by atoms with Crippen molar-refractivity contribution in [2.24, 2.45) is 5.92 Å². The smallest absolute Gasteiger partial charge is 0.339 e. The van der Waals surface area contributed by atoms with Crippen molar-refractivity contribution in [2.75, 3.05) is 13.6 Å². The van der Waals surface area contributed by atoms with E-state index in [-0.39, 0.29) is 5.56 Å². The Labute approximate surface area is 102 Å². The number of nitrogens with zero attached hydrogens (tertiary/aromatic N) is 3. The Balaban J connectivity index is 2.71. The molecule has 1 heterocycles. The van der Waals surface area contributed by atoms with Gasteiger partial charge in [-0.05, 0) is 13.0 Å². The van der Waals surface area contributed by atoms with E-state index in [4.69, 9.17) is 5.11 Å². The molecule has 0 aromatic carbocycles. The fourth-order valence-electron chi connectivity index (χ4n) is 1.64. The summed E-state index contributed by atoms with van der Waals surface area (Å²) < 4.78 is 0. The molecule has 94 valence electrons. The number of carboxylic acids is 1. The molecule has 1 atom stereocenters. The highest BCUT2D eigenvalue weighted by Crippen LogP contribution is 2.09. The molecule has 5 heteroatoms. The molecule has 0 saturated carbocycles. The first-order valence-electron chi connectivity index (χ1n) is 5.75. The van der Waals surface area contributed by atoms with E-state index in [9.17, 15) is 4.79 Å². The Bertz CT molecular complexity index is 382. The van der Waals surface area contributed by atoms with Crippen LogP contribution in [-0.4, -0.2) is 39.5 Å². The van der Waals surface area contributed by atoms with Gasteiger partial charge >= 0.3 is 5.97 Å². The first-order valence-corrected chi connectivity index (χ1v) is 5.75. The van der Waals surface area contributed by atoms with Gasteiger partial charge < -0.3 is 10.0 Å². The number of aromatic carboxylic acids is 1. The third-order valence-electron chi connectivity index (χ3n) is 2.77. The van der Waals surface area contributed by atoms with Gasteiger partial charge in [-0.2, -0.15) is 0 Å². The number of hydrogen-bond acceptors (Lipinski definition) is 4. The van der Waals surface area contributed by atoms with Crippen LogP contribution in [0.5, 0.6) is 0 Å². The lowest BCUT2D eigenvalue weighted by Gasteiger charge is -2.20. The summed E-state index contributed by atoms with van der Waals surface area (Å²) in [7, 11) is 1.97. The highest BCUT2D eigenvalue weighted by atomic mass is 16.4. The SMILES string of the molecule is CCC(C)CN(C)Cc1ncncc1C(=O)O. The van der Waals surface area contributed by atoms with E-state index in [0.717, 1.165) is 13.0 Å². The maximum Gasteiger partial charge on any atom is 0.339 e. The topological polar surface area (TPSA) is 66.3 Å². The molecule has 17 heavy (non-hydrogen) atoms. The van der Waals surface area contributed by atoms with Gasteiger partial charge in [0.15, 0.2) is 0 Å². The van der Waals surface area contributed by atoms with Gasteiger partial charge in [0.1, 0.15) is 11.9 Å². The number of hydrogen-bond donors (Lipinski definition) is 1. The molecule has 0 aliphatic carbocycles. The summed E-state index contributed by atoms with van der Waals surface area (Å²) in [6.45, 7) is 5.79. The lowest BCUT2D eigenvalue weighted by molar-refractivity contribution is 0.0693. The first kappa shape index (κ1) is 13.6. The summed E-state index contributed by atoms with van der Waals surface area (Å²) in [6.07, 6.45) is 3.85. The van der Waals surface area contributed by atoms with Gasteiger partial charge in [-0.3, -0.25) is 0 Å². The van der Waals surface area contributed by atoms with Crippen molar-refractivity contribution >= 4 is 5.97 Å². The number of rotatable bonds is 6. The van der Waals surface area contributed by atoms with Crippen molar-refractivity contribution in [1.82, 2.24) is 14.9 Å². The molecule has 0 spiro atoms. The molecule has 5 nitrogen and oxygen atoms in total. The average molecular weight is 237 g/mol. The maximum atomic E-state index is 11.0. The minimum atomic E-state index is -0.975. The lowest BCUT2D eigenvalue weighted by Crippen LogP contribution is -2.25. The summed E-state index contributed by atoms with van der Waals surface area (Å²) in [6, 6.07) is 0. The van der Waals surface area contributed by atoms with Crippen LogP contribution in [0.2, 0.25) is 0 Å². The van der Waals surface area contributed by atoms with E-state index in [1.54, 1.807) is 0 Å². The zero-order valence-electron chi connectivity index (χ0n) is 10.6. The van der Waals surface area contributed by atoms with Crippen molar-refractivity contribution in [1.29, 1.82) is 0 Å². The zero-order chi connectivity index (χ0) is 12.8. The molecule has 0 amide bonds. The second-order valence-corrected chi connectivity index (χ2v) is 4.40. The summed E-state index contributed by atoms with van der Waals surface area (Å²) in [5.74, 6) is -0.382. The van der Waals surface area contributed by atoms with Crippen molar-refractivity contribution < 1.29 is 9.90 Å². The highest BCUT2D eigenvalue weighted by molar-refractivity contribution is 5.88. The lowest BCUT2D eigenvalue weighted by atomic mass is 10.1. The third-order valence-corrected chi connectivity index (χ3v) is 2.77. The third kappa shape index (κ3) is 4.11. The quantitative estimate of drug-likeness (QED) is 0.815. The molecule has 1 N–H and O–H groups in total. The van der Waals surface area contributed by atoms with Crippen LogP contribution in [0, 0.1) is 5.92 Å². The highest BCUT2D eigenvalue weighted by Gasteiger charge is 2.13. The fourth-order valence-corrected chi connectivity index (χ4v) is 1.64. The van der Waals surface area contributed by atoms with Gasteiger partial charge in [0.2, 0.25) is 0 Å². The summed E-state index contributed by atoms with van der Waals surface area (Å²) >= 11 is 0. The Morgan fingerprint density at radius 1 is 1.59 bits per heavy atom. The molecule has 0 fully saturated rings. The average Bonchev–Trinajstić information content (AvgIpc) is 2.29. The monoisotopic (exact) mass is 237 g/mol. The Morgan fingerprint density at radius 3 is 2.88 bits per heavy atom. The largest absolute Gasteiger partial charge is 0.478 e. The van der Waals surface area contributed by atoms with Crippen molar-refractivity contribution in [3.63, 3.8) is 0 Å². The van der Waals surface area contributed by atoms with Gasteiger partial charge in [0.25, 0.3) is 0 Å². The van der Waals surface area contributed by atoms with E-state index in [2.05, 4.69) is 28.7 Å². The van der Waals surface area contributed by atoms with E-state index in [1.807, 2.05) is 7.05 Å². The molecule has 0 radical (unpaired) electrons. The van der Waals surface area contributed by atoms with Crippen LogP contribution in [0.3, 0.4) is 0 Å². The molecule has 1 aromatic heterocycles. The standard InChI is InChI=1S/C12H19N3O2/c1-4-9(2)6-15(3)7-11-10(12(16)17)5-13-8-14-11/h5,8-9H,4,6-7H2,1-3H3,(H,16,17). The van der Waals surface area contributed by atoms with Crippen molar-refractivity contribution in [3.05, 3.63) is 23.8 Å². The molecule has 1 aromatic rings. The van der Waals surface area contributed by atoms with Gasteiger partial charge in [0, 0.05) is 19.3 Å². The van der Waals surface area contributed by atoms with Crippen molar-refractivity contribution in [3.8, 4) is 0 Å². The minimum absolute atomic E-state index is 0.184. The van der Waals surface area contributed by atoms with Gasteiger partial charge in [-0.15, -0.1) is 0 Å². The van der Waals surface area contributed by atoms with Crippen LogP contribution in [0.1, 0.15) is 36.3 Å². The number of aromatic nitrogens is 2. The van der Waals surface area contributed by atoms with Crippen LogP contribution >= 0.6 is 0 Å². The second-order valence-electron chi connectivity index (χ2n) is 4.40. The van der Waals surface area contributed by atoms with E-state index in [0.29, 0.717) is 18.2 Å². The first-order chi connectivity index (χ1) is 8.04. The van der Waals surface area contributed by atoms with Gasteiger partial charge in [0.05, 0.1) is 5.69 Å². The normalized spacial score (nSPS) is 12.7. The van der Waals surface area contributed by atoms with Crippen LogP contribution < -0.4 is 0 Å². The van der Waals surface area contributed by atoms with Crippen LogP contribution in [0.4, 0.5) is 0 Å². The molecular formula is C12H19N3O2. The molecule has 1 unspecified atom stereocenters. The Morgan fingerprint density at radius 2 is 2.29 bits per heavy atom. The van der Waals surface area contributed by atoms with Gasteiger partial charge in [-0.25, -0.2) is 14.8 Å². The van der Waals surface area contributed by atoms with E-state index >= 15 is 0 Å². The fraction of sp³-hybridized carbons (Fsp3) is 0.583. The van der Waals surface area contributed by atoms with Gasteiger partial charge in [-0.1, -0.05) is 20.3 Å². The minimum Gasteiger partial charge on any atom is -0.478 e. The molecular weight excluding hydrogens is 218 g/mol. The molecule has 1 rings (SSSR count). The number of carbonyl (C=O) groups is 1. The maximum absolute atomic E-state index is 11.0. The molecule has 0 aliphatic heterocycles. The Hall–Kier alpha value is -1.49. The summed E-state index contributed by atoms with van der Waals surface area (Å²) in [4.78, 5) is 20.8. The molecule has 0 saturated heterocycles. The van der Waals surface area contributed by atoms with Crippen LogP contribution in [-0.2, 0) is 6.54 Å². The van der Waals surface area contributed by atoms with Crippen LogP contribution in [0.15, 0.2) is 12.5 Å². The predicted octanol–water partition coefficient (Wildman–Crippen LogP) is 1.65. The second kappa shape index (κ2) is 6.30. The van der Waals surface area contributed by atoms with Crippen LogP contribution in [0.25, 0.3) is 0 Å².